The van der Waals surface area contributed by atoms with Gasteiger partial charge in [-0.15, -0.1) is 10.2 Å². The fraction of sp³-hybridized carbons (Fsp3) is 0.118. The number of rotatable bonds is 9. The lowest BCUT2D eigenvalue weighted by Gasteiger charge is -2.22. The summed E-state index contributed by atoms with van der Waals surface area (Å²) < 4.78 is 6.59. The van der Waals surface area contributed by atoms with Crippen LogP contribution in [0.1, 0.15) is 33.9 Å². The van der Waals surface area contributed by atoms with Crippen molar-refractivity contribution in [2.24, 2.45) is 0 Å². The molecule has 7 nitrogen and oxygen atoms in total. The number of hydrogen-bond acceptors (Lipinski definition) is 8. The first kappa shape index (κ1) is 29.6. The number of thioether (sulfide) groups is 1. The van der Waals surface area contributed by atoms with Crippen molar-refractivity contribution in [1.29, 1.82) is 0 Å². The molecular formula is C34H26ClN3O4S2. The van der Waals surface area contributed by atoms with Gasteiger partial charge >= 0.3 is 5.91 Å². The molecule has 1 unspecified atom stereocenters. The number of aliphatic hydroxyl groups excluding tert-OH is 1. The van der Waals surface area contributed by atoms with Gasteiger partial charge in [-0.05, 0) is 65.6 Å². The van der Waals surface area contributed by atoms with Gasteiger partial charge in [-0.2, -0.15) is 0 Å². The van der Waals surface area contributed by atoms with E-state index in [0.29, 0.717) is 38.6 Å². The van der Waals surface area contributed by atoms with Crippen LogP contribution in [-0.4, -0.2) is 27.0 Å². The number of aliphatic hydroxyl groups is 1. The Hall–Kier alpha value is -4.44. The molecule has 44 heavy (non-hydrogen) atoms. The average molecular weight is 640 g/mol. The quantitative estimate of drug-likeness (QED) is 0.0574. The molecule has 10 heteroatoms. The molecular weight excluding hydrogens is 614 g/mol. The second-order valence-corrected chi connectivity index (χ2v) is 12.7. The lowest BCUT2D eigenvalue weighted by atomic mass is 9.95. The molecule has 1 atom stereocenters. The van der Waals surface area contributed by atoms with Crippen molar-refractivity contribution in [2.45, 2.75) is 29.7 Å². The summed E-state index contributed by atoms with van der Waals surface area (Å²) in [6.07, 6.45) is 0. The van der Waals surface area contributed by atoms with Crippen LogP contribution in [0.15, 0.2) is 113 Å². The van der Waals surface area contributed by atoms with Gasteiger partial charge in [0.15, 0.2) is 4.34 Å². The molecule has 6 rings (SSSR count). The Bertz CT molecular complexity index is 1860. The van der Waals surface area contributed by atoms with Gasteiger partial charge in [0.1, 0.15) is 18.1 Å². The van der Waals surface area contributed by atoms with Crippen molar-refractivity contribution in [2.75, 3.05) is 4.90 Å². The van der Waals surface area contributed by atoms with E-state index in [1.807, 2.05) is 61.5 Å². The Labute approximate surface area is 267 Å². The topological polar surface area (TPSA) is 92.6 Å². The minimum absolute atomic E-state index is 0.0560. The molecule has 5 aromatic rings. The number of hydrogen-bond donors (Lipinski definition) is 1. The molecule has 0 radical (unpaired) electrons. The van der Waals surface area contributed by atoms with E-state index < -0.39 is 17.7 Å². The Morgan fingerprint density at radius 3 is 2.45 bits per heavy atom. The summed E-state index contributed by atoms with van der Waals surface area (Å²) in [5, 5.41) is 20.7. The number of benzene rings is 4. The number of carbonyl (C=O) groups is 2. The normalized spacial score (nSPS) is 16.0. The Morgan fingerprint density at radius 2 is 1.70 bits per heavy atom. The number of Topliss-reactive ketones (excluding diaryl/α,β-unsaturated/α-hetero) is 1. The fourth-order valence-corrected chi connectivity index (χ4v) is 6.92. The highest BCUT2D eigenvalue weighted by Crippen LogP contribution is 2.44. The van der Waals surface area contributed by atoms with Gasteiger partial charge < -0.3 is 9.84 Å². The van der Waals surface area contributed by atoms with Crippen molar-refractivity contribution >= 4 is 57.3 Å². The van der Waals surface area contributed by atoms with Crippen molar-refractivity contribution < 1.29 is 19.4 Å². The van der Waals surface area contributed by atoms with Gasteiger partial charge in [0.25, 0.3) is 5.78 Å². The minimum atomic E-state index is -0.953. The number of anilines is 1. The molecule has 4 aromatic carbocycles. The molecule has 1 aromatic heterocycles. The highest BCUT2D eigenvalue weighted by molar-refractivity contribution is 8.00. The lowest BCUT2D eigenvalue weighted by molar-refractivity contribution is -0.132. The molecule has 0 bridgehead atoms. The van der Waals surface area contributed by atoms with Crippen LogP contribution >= 0.6 is 34.7 Å². The maximum absolute atomic E-state index is 13.5. The second kappa shape index (κ2) is 13.1. The van der Waals surface area contributed by atoms with E-state index in [0.717, 1.165) is 16.7 Å². The zero-order valence-electron chi connectivity index (χ0n) is 23.5. The number of nitrogens with zero attached hydrogens (tertiary/aromatic N) is 3. The molecule has 1 saturated heterocycles. The third-order valence-electron chi connectivity index (χ3n) is 7.20. The van der Waals surface area contributed by atoms with E-state index in [2.05, 4.69) is 10.2 Å². The first-order valence-corrected chi connectivity index (χ1v) is 15.9. The molecule has 2 heterocycles. The van der Waals surface area contributed by atoms with E-state index in [1.54, 1.807) is 48.5 Å². The van der Waals surface area contributed by atoms with Gasteiger partial charge in [-0.1, -0.05) is 101 Å². The predicted molar refractivity (Wildman–Crippen MR) is 174 cm³/mol. The van der Waals surface area contributed by atoms with Crippen molar-refractivity contribution in [3.05, 3.63) is 142 Å². The summed E-state index contributed by atoms with van der Waals surface area (Å²) in [6, 6.07) is 30.6. The van der Waals surface area contributed by atoms with E-state index in [-0.39, 0.29) is 16.5 Å². The average Bonchev–Trinajstić information content (AvgIpc) is 3.61. The number of ketones is 1. The van der Waals surface area contributed by atoms with Crippen LogP contribution in [0.3, 0.4) is 0 Å². The molecule has 220 valence electrons. The SMILES string of the molecule is Cc1ccccc1COc1ccc(C(O)=C2C(=O)C(=O)N(c3nnc(SCc4ccccc4)s3)C2c2cccc(Cl)c2)cc1. The molecule has 0 saturated carbocycles. The number of halogens is 1. The highest BCUT2D eigenvalue weighted by atomic mass is 35.5. The standard InChI is InChI=1S/C34H26ClN3O4S2/c1-21-8-5-6-11-25(21)19-42-27-16-14-23(15-17-27)30(39)28-29(24-12-7-13-26(35)18-24)38(32(41)31(28)40)33-36-37-34(44-33)43-20-22-9-3-2-4-10-22/h2-18,29,39H,19-20H2,1H3. The van der Waals surface area contributed by atoms with Crippen LogP contribution in [0.25, 0.3) is 5.76 Å². The van der Waals surface area contributed by atoms with Gasteiger partial charge in [0.2, 0.25) is 5.13 Å². The Kier molecular flexibility index (Phi) is 8.79. The summed E-state index contributed by atoms with van der Waals surface area (Å²) >= 11 is 9.03. The number of aromatic nitrogens is 2. The zero-order valence-corrected chi connectivity index (χ0v) is 25.9. The van der Waals surface area contributed by atoms with Gasteiger partial charge in [0.05, 0.1) is 11.6 Å². The maximum atomic E-state index is 13.5. The maximum Gasteiger partial charge on any atom is 0.301 e. The van der Waals surface area contributed by atoms with Crippen LogP contribution in [0.5, 0.6) is 5.75 Å². The van der Waals surface area contributed by atoms with Crippen LogP contribution < -0.4 is 9.64 Å². The molecule has 1 N–H and O–H groups in total. The number of aryl methyl sites for hydroxylation is 1. The summed E-state index contributed by atoms with van der Waals surface area (Å²) in [6.45, 7) is 2.42. The molecule has 1 aliphatic heterocycles. The molecule has 1 aliphatic rings. The smallest absolute Gasteiger partial charge is 0.301 e. The van der Waals surface area contributed by atoms with Crippen molar-refractivity contribution in [1.82, 2.24) is 10.2 Å². The molecule has 1 amide bonds. The summed E-state index contributed by atoms with van der Waals surface area (Å²) in [5.41, 5.74) is 4.20. The number of carbonyl (C=O) groups excluding carboxylic acids is 2. The third-order valence-corrected chi connectivity index (χ3v) is 9.56. The molecule has 1 fully saturated rings. The lowest BCUT2D eigenvalue weighted by Crippen LogP contribution is -2.29. The number of amides is 1. The monoisotopic (exact) mass is 639 g/mol. The van der Waals surface area contributed by atoms with Gasteiger partial charge in [-0.25, -0.2) is 0 Å². The molecule has 0 spiro atoms. The second-order valence-electron chi connectivity index (χ2n) is 10.1. The van der Waals surface area contributed by atoms with Crippen LogP contribution in [0.2, 0.25) is 5.02 Å². The van der Waals surface area contributed by atoms with Crippen LogP contribution in [0, 0.1) is 6.92 Å². The third kappa shape index (κ3) is 6.26. The zero-order chi connectivity index (χ0) is 30.6. The Balaban J connectivity index is 1.31. The summed E-state index contributed by atoms with van der Waals surface area (Å²) in [5.74, 6) is -0.640. The summed E-state index contributed by atoms with van der Waals surface area (Å²) in [4.78, 5) is 28.3. The van der Waals surface area contributed by atoms with Crippen LogP contribution in [-0.2, 0) is 21.9 Å². The fourth-order valence-electron chi connectivity index (χ4n) is 4.90. The first-order valence-electron chi connectivity index (χ1n) is 13.7. The largest absolute Gasteiger partial charge is 0.507 e. The highest BCUT2D eigenvalue weighted by Gasteiger charge is 2.48. The first-order chi connectivity index (χ1) is 21.4. The Morgan fingerprint density at radius 1 is 0.955 bits per heavy atom. The predicted octanol–water partition coefficient (Wildman–Crippen LogP) is 8.00. The summed E-state index contributed by atoms with van der Waals surface area (Å²) in [7, 11) is 0. The van der Waals surface area contributed by atoms with E-state index in [1.165, 1.54) is 28.0 Å². The van der Waals surface area contributed by atoms with Crippen LogP contribution in [0.4, 0.5) is 5.13 Å². The van der Waals surface area contributed by atoms with Gasteiger partial charge in [0, 0.05) is 16.3 Å². The number of ether oxygens (including phenoxy) is 1. The van der Waals surface area contributed by atoms with E-state index in [4.69, 9.17) is 16.3 Å². The van der Waals surface area contributed by atoms with E-state index >= 15 is 0 Å². The van der Waals surface area contributed by atoms with E-state index in [9.17, 15) is 14.7 Å². The molecule has 0 aliphatic carbocycles. The van der Waals surface area contributed by atoms with Crippen molar-refractivity contribution in [3.8, 4) is 5.75 Å². The van der Waals surface area contributed by atoms with Gasteiger partial charge in [-0.3, -0.25) is 14.5 Å². The van der Waals surface area contributed by atoms with Crippen molar-refractivity contribution in [3.63, 3.8) is 0 Å². The minimum Gasteiger partial charge on any atom is -0.507 e.